The third kappa shape index (κ3) is 5.01. The van der Waals surface area contributed by atoms with Crippen LogP contribution in [0.2, 0.25) is 0 Å². The third-order valence-electron chi connectivity index (χ3n) is 2.24. The smallest absolute Gasteiger partial charge is 0.141 e. The van der Waals surface area contributed by atoms with Crippen molar-refractivity contribution in [3.8, 4) is 0 Å². The molecule has 0 spiro atoms. The lowest BCUT2D eigenvalue weighted by atomic mass is 9.84. The van der Waals surface area contributed by atoms with Gasteiger partial charge < -0.3 is 25.7 Å². The van der Waals surface area contributed by atoms with Crippen LogP contribution in [0.1, 0.15) is 0 Å². The van der Waals surface area contributed by atoms with Crippen molar-refractivity contribution in [1.82, 2.24) is 20.9 Å². The maximum absolute atomic E-state index is 10.9. The Balaban J connectivity index is 2.78. The van der Waals surface area contributed by atoms with Gasteiger partial charge in [0.15, 0.2) is 0 Å². The average molecular weight is 316 g/mol. The van der Waals surface area contributed by atoms with Gasteiger partial charge in [-0.25, -0.2) is 5.00 Å². The fourth-order valence-corrected chi connectivity index (χ4v) is 1.75. The lowest BCUT2D eigenvalue weighted by Crippen LogP contribution is -2.71. The zero-order valence-corrected chi connectivity index (χ0v) is 11.3. The van der Waals surface area contributed by atoms with Crippen LogP contribution in [0.25, 0.3) is 0 Å². The molecular formula is C5H13N6O8P-4. The van der Waals surface area contributed by atoms with Crippen molar-refractivity contribution >= 4 is 9.39 Å². The maximum Gasteiger partial charge on any atom is 0.141 e. The molecule has 14 nitrogen and oxygen atoms in total. The minimum absolute atomic E-state index is 0.0284. The Morgan fingerprint density at radius 3 is 1.45 bits per heavy atom. The maximum atomic E-state index is 10.9. The van der Waals surface area contributed by atoms with E-state index in [-0.39, 0.29) is 10.2 Å². The molecule has 0 aliphatic heterocycles. The summed E-state index contributed by atoms with van der Waals surface area (Å²) < 4.78 is 0. The van der Waals surface area contributed by atoms with Gasteiger partial charge in [0.1, 0.15) is 24.4 Å². The molecule has 1 saturated carbocycles. The summed E-state index contributed by atoms with van der Waals surface area (Å²) in [4.78, 5) is 18.4. The van der Waals surface area contributed by atoms with Crippen molar-refractivity contribution in [2.75, 3.05) is 7.05 Å². The molecule has 120 valence electrons. The molecule has 0 aromatic rings. The van der Waals surface area contributed by atoms with Crippen molar-refractivity contribution < 1.29 is 19.4 Å². The first-order valence-corrected chi connectivity index (χ1v) is 5.47. The van der Waals surface area contributed by atoms with Crippen LogP contribution in [-0.2, 0) is 19.4 Å². The van der Waals surface area contributed by atoms with Crippen molar-refractivity contribution in [1.29, 1.82) is 0 Å². The van der Waals surface area contributed by atoms with Gasteiger partial charge in [-0.1, -0.05) is 9.39 Å². The lowest BCUT2D eigenvalue weighted by Gasteiger charge is -2.53. The molecule has 1 fully saturated rings. The van der Waals surface area contributed by atoms with E-state index in [1.807, 2.05) is 0 Å². The first-order valence-electron chi connectivity index (χ1n) is 4.96. The summed E-state index contributed by atoms with van der Waals surface area (Å²) in [6, 6.07) is 0. The Morgan fingerprint density at radius 1 is 0.800 bits per heavy atom. The molecule has 3 atom stereocenters. The molecule has 20 heavy (non-hydrogen) atoms. The molecule has 3 unspecified atom stereocenters. The normalized spacial score (nSPS) is 30.6. The fourth-order valence-electron chi connectivity index (χ4n) is 1.61. The fraction of sp³-hybridized carbons (Fsp3) is 1.00. The van der Waals surface area contributed by atoms with Crippen molar-refractivity contribution in [3.05, 3.63) is 20.8 Å². The molecule has 15 heteroatoms. The Bertz CT molecular complexity index is 233. The zero-order valence-electron chi connectivity index (χ0n) is 10.1. The van der Waals surface area contributed by atoms with Crippen molar-refractivity contribution in [2.45, 2.75) is 24.4 Å². The number of hydroxylamine groups is 2. The van der Waals surface area contributed by atoms with E-state index in [0.29, 0.717) is 0 Å². The minimum Gasteiger partial charge on any atom is -0.762 e. The zero-order chi connectivity index (χ0) is 15.4. The van der Waals surface area contributed by atoms with Gasteiger partial charge in [0, 0.05) is 0 Å². The molecule has 0 radical (unpaired) electrons. The van der Waals surface area contributed by atoms with Gasteiger partial charge in [-0.3, -0.25) is 31.4 Å². The number of hydrazine groups is 2. The monoisotopic (exact) mass is 316 g/mol. The van der Waals surface area contributed by atoms with Gasteiger partial charge in [-0.15, -0.1) is 0 Å². The van der Waals surface area contributed by atoms with E-state index >= 15 is 0 Å². The predicted molar refractivity (Wildman–Crippen MR) is 64.3 cm³/mol. The van der Waals surface area contributed by atoms with Crippen LogP contribution in [0.4, 0.5) is 0 Å². The molecule has 1 rings (SSSR count). The van der Waals surface area contributed by atoms with E-state index in [2.05, 4.69) is 14.5 Å². The van der Waals surface area contributed by atoms with E-state index in [1.54, 1.807) is 9.39 Å². The second-order valence-corrected chi connectivity index (χ2v) is 4.00. The highest BCUT2D eigenvalue weighted by Crippen LogP contribution is 2.35. The van der Waals surface area contributed by atoms with E-state index in [9.17, 15) is 20.8 Å². The van der Waals surface area contributed by atoms with Crippen molar-refractivity contribution in [3.63, 3.8) is 0 Å². The first kappa shape index (κ1) is 17.9. The summed E-state index contributed by atoms with van der Waals surface area (Å²) in [7, 11) is 2.61. The summed E-state index contributed by atoms with van der Waals surface area (Å²) >= 11 is 0. The third-order valence-corrected chi connectivity index (χ3v) is 2.36. The summed E-state index contributed by atoms with van der Waals surface area (Å²) in [5.74, 6) is 9.51. The number of hydrogen-bond donors (Lipinski definition) is 2. The van der Waals surface area contributed by atoms with Gasteiger partial charge in [0.05, 0.1) is 0 Å². The lowest BCUT2D eigenvalue weighted by molar-refractivity contribution is -0.399. The Labute approximate surface area is 115 Å². The SMILES string of the molecule is CN([O-])OC1C(ON(N)[O-])C(ON([O-])P)C1ON(N)[O-]. The van der Waals surface area contributed by atoms with E-state index < -0.39 is 35.1 Å². The molecule has 4 N–H and O–H groups in total. The van der Waals surface area contributed by atoms with Crippen LogP contribution in [0.5, 0.6) is 0 Å². The molecule has 0 bridgehead atoms. The average Bonchev–Trinajstić information content (AvgIpc) is 2.28. The number of rotatable bonds is 8. The molecule has 0 amide bonds. The van der Waals surface area contributed by atoms with Gasteiger partial charge in [-0.2, -0.15) is 10.7 Å². The van der Waals surface area contributed by atoms with Crippen LogP contribution in [0.15, 0.2) is 0 Å². The quantitative estimate of drug-likeness (QED) is 0.272. The number of nitrogens with zero attached hydrogens (tertiary/aromatic N) is 4. The highest BCUT2D eigenvalue weighted by molar-refractivity contribution is 7.13. The predicted octanol–water partition coefficient (Wildman–Crippen LogP) is -2.43. The molecule has 0 saturated heterocycles. The van der Waals surface area contributed by atoms with Gasteiger partial charge in [0.25, 0.3) is 0 Å². The summed E-state index contributed by atoms with van der Waals surface area (Å²) in [6.07, 6.45) is -5.09. The highest BCUT2D eigenvalue weighted by atomic mass is 31.0. The van der Waals surface area contributed by atoms with E-state index in [1.165, 1.54) is 0 Å². The van der Waals surface area contributed by atoms with Crippen molar-refractivity contribution in [2.24, 2.45) is 11.7 Å². The molecule has 0 heterocycles. The second-order valence-electron chi connectivity index (χ2n) is 3.58. The van der Waals surface area contributed by atoms with Gasteiger partial charge in [0.2, 0.25) is 0 Å². The molecule has 0 aromatic heterocycles. The van der Waals surface area contributed by atoms with Gasteiger partial charge in [-0.05, 0) is 7.05 Å². The highest BCUT2D eigenvalue weighted by Gasteiger charge is 2.57. The number of hydrogen-bond acceptors (Lipinski definition) is 14. The van der Waals surface area contributed by atoms with E-state index in [4.69, 9.17) is 16.5 Å². The standard InChI is InChI=1S/C5H13N6O8P/c1-8(12)16-2-3(17-9(6)13)5(19-11(15)20)4(2)18-10(7)14/h2-5H,6-7,20H2,1H3/q-4. The van der Waals surface area contributed by atoms with E-state index in [0.717, 1.165) is 7.05 Å². The summed E-state index contributed by atoms with van der Waals surface area (Å²) in [6.45, 7) is 0. The van der Waals surface area contributed by atoms with Crippen LogP contribution < -0.4 is 11.7 Å². The van der Waals surface area contributed by atoms with Crippen LogP contribution >= 0.6 is 9.39 Å². The molecular weight excluding hydrogens is 303 g/mol. The minimum atomic E-state index is -1.28. The topological polar surface area (TPSA) is 194 Å². The Morgan fingerprint density at radius 2 is 1.15 bits per heavy atom. The molecule has 1 aliphatic carbocycles. The first-order chi connectivity index (χ1) is 9.22. The Hall–Kier alpha value is -0.130. The summed E-state index contributed by atoms with van der Waals surface area (Å²) in [5, 5.41) is 42.2. The van der Waals surface area contributed by atoms with Crippen LogP contribution in [0.3, 0.4) is 0 Å². The van der Waals surface area contributed by atoms with Crippen LogP contribution in [-0.4, -0.2) is 52.4 Å². The second kappa shape index (κ2) is 7.76. The number of nitrogens with two attached hydrogens (primary N) is 2. The summed E-state index contributed by atoms with van der Waals surface area (Å²) in [5.41, 5.74) is 0. The van der Waals surface area contributed by atoms with Gasteiger partial charge >= 0.3 is 0 Å². The Kier molecular flexibility index (Phi) is 6.95. The molecule has 1 aliphatic rings. The molecule has 0 aromatic carbocycles. The van der Waals surface area contributed by atoms with Crippen LogP contribution in [0, 0.1) is 20.8 Å². The largest absolute Gasteiger partial charge is 0.762 e.